The molecule has 1 aromatic rings. The van der Waals surface area contributed by atoms with Crippen molar-refractivity contribution in [1.82, 2.24) is 10.3 Å². The predicted octanol–water partition coefficient (Wildman–Crippen LogP) is -0.164. The van der Waals surface area contributed by atoms with E-state index in [4.69, 9.17) is 16.9 Å². The van der Waals surface area contributed by atoms with Gasteiger partial charge in [0.05, 0.1) is 12.7 Å². The van der Waals surface area contributed by atoms with Crippen LogP contribution in [0, 0.1) is 5.41 Å². The molecule has 0 aliphatic carbocycles. The minimum Gasteiger partial charge on any atom is -0.453 e. The predicted molar refractivity (Wildman–Crippen MR) is 64.2 cm³/mol. The van der Waals surface area contributed by atoms with Crippen molar-refractivity contribution in [3.05, 3.63) is 17.8 Å². The third-order valence-corrected chi connectivity index (χ3v) is 1.87. The van der Waals surface area contributed by atoms with Crippen molar-refractivity contribution in [2.45, 2.75) is 0 Å². The molecule has 1 heterocycles. The van der Waals surface area contributed by atoms with Crippen LogP contribution in [0.2, 0.25) is 0 Å². The first-order valence-electron chi connectivity index (χ1n) is 4.70. The lowest BCUT2D eigenvalue weighted by Crippen LogP contribution is -2.31. The monoisotopic (exact) mass is 252 g/mol. The number of nitrogens with zero attached hydrogens (tertiary/aromatic N) is 1. The Morgan fingerprint density at radius 3 is 2.67 bits per heavy atom. The molecule has 0 saturated heterocycles. The molecule has 0 radical (unpaired) electrons. The van der Waals surface area contributed by atoms with Crippen LogP contribution in [0.25, 0.3) is 0 Å². The number of alkyl carbamates (subject to hydrolysis) is 1. The molecular formula is C9H12N6O3. The van der Waals surface area contributed by atoms with E-state index in [9.17, 15) is 9.59 Å². The molecule has 0 atom stereocenters. The van der Waals surface area contributed by atoms with Crippen molar-refractivity contribution in [2.75, 3.05) is 18.2 Å². The molecule has 3 amide bonds. The maximum atomic E-state index is 10.9. The normalized spacial score (nSPS) is 9.39. The number of aromatic nitrogens is 1. The SMILES string of the molecule is COC(=O)NC(=N)c1cnc(NC(N)=O)cc1N. The first-order valence-corrected chi connectivity index (χ1v) is 4.70. The Bertz CT molecular complexity index is 501. The number of pyridine rings is 1. The first kappa shape index (κ1) is 13.2. The second-order valence-corrected chi connectivity index (χ2v) is 3.14. The van der Waals surface area contributed by atoms with Crippen LogP contribution in [0.15, 0.2) is 12.3 Å². The fraction of sp³-hybridized carbons (Fsp3) is 0.111. The van der Waals surface area contributed by atoms with E-state index >= 15 is 0 Å². The maximum absolute atomic E-state index is 10.9. The van der Waals surface area contributed by atoms with Crippen molar-refractivity contribution < 1.29 is 14.3 Å². The number of nitrogens with two attached hydrogens (primary N) is 2. The standard InChI is InChI=1S/C9H12N6O3/c1-18-9(17)15-7(11)4-3-13-6(2-5(4)10)14-8(12)16/h2-3H,1H3,(H2,11,15,17)(H5,10,12,13,14,16). The smallest absolute Gasteiger partial charge is 0.412 e. The van der Waals surface area contributed by atoms with Gasteiger partial charge in [-0.05, 0) is 0 Å². The molecule has 9 heteroatoms. The van der Waals surface area contributed by atoms with Gasteiger partial charge in [-0.2, -0.15) is 0 Å². The molecule has 1 aromatic heterocycles. The molecule has 0 aromatic carbocycles. The highest BCUT2D eigenvalue weighted by molar-refractivity contribution is 6.07. The third kappa shape index (κ3) is 3.33. The van der Waals surface area contributed by atoms with Gasteiger partial charge in [-0.3, -0.25) is 16.0 Å². The molecule has 0 unspecified atom stereocenters. The van der Waals surface area contributed by atoms with Gasteiger partial charge in [-0.15, -0.1) is 0 Å². The molecule has 0 fully saturated rings. The van der Waals surface area contributed by atoms with Crippen LogP contribution in [-0.2, 0) is 4.74 Å². The first-order chi connectivity index (χ1) is 8.43. The number of methoxy groups -OCH3 is 1. The van der Waals surface area contributed by atoms with Gasteiger partial charge in [0, 0.05) is 18.0 Å². The number of carbonyl (C=O) groups excluding carboxylic acids is 2. The van der Waals surface area contributed by atoms with Gasteiger partial charge >= 0.3 is 12.1 Å². The number of hydrogen-bond acceptors (Lipinski definition) is 6. The number of amides is 3. The third-order valence-electron chi connectivity index (χ3n) is 1.87. The fourth-order valence-corrected chi connectivity index (χ4v) is 1.09. The quantitative estimate of drug-likeness (QED) is 0.365. The molecular weight excluding hydrogens is 240 g/mol. The van der Waals surface area contributed by atoms with E-state index in [0.717, 1.165) is 0 Å². The summed E-state index contributed by atoms with van der Waals surface area (Å²) in [6.45, 7) is 0. The summed E-state index contributed by atoms with van der Waals surface area (Å²) in [6, 6.07) is 0.533. The Morgan fingerprint density at radius 2 is 2.17 bits per heavy atom. The summed E-state index contributed by atoms with van der Waals surface area (Å²) in [7, 11) is 1.17. The average Bonchev–Trinajstić information content (AvgIpc) is 2.27. The van der Waals surface area contributed by atoms with Crippen LogP contribution < -0.4 is 22.1 Å². The summed E-state index contributed by atoms with van der Waals surface area (Å²) in [4.78, 5) is 25.3. The number of urea groups is 1. The zero-order chi connectivity index (χ0) is 13.7. The summed E-state index contributed by atoms with van der Waals surface area (Å²) in [5.74, 6) is -0.118. The summed E-state index contributed by atoms with van der Waals surface area (Å²) < 4.78 is 4.33. The Balaban J connectivity index is 2.88. The number of carbonyl (C=O) groups is 2. The van der Waals surface area contributed by atoms with Crippen molar-refractivity contribution in [3.63, 3.8) is 0 Å². The van der Waals surface area contributed by atoms with E-state index in [1.54, 1.807) is 0 Å². The average molecular weight is 252 g/mol. The minimum absolute atomic E-state index is 0.148. The topological polar surface area (TPSA) is 156 Å². The van der Waals surface area contributed by atoms with Gasteiger partial charge in [-0.1, -0.05) is 0 Å². The van der Waals surface area contributed by atoms with Gasteiger partial charge in [0.15, 0.2) is 0 Å². The molecule has 9 nitrogen and oxygen atoms in total. The summed E-state index contributed by atoms with van der Waals surface area (Å²) >= 11 is 0. The number of rotatable bonds is 2. The lowest BCUT2D eigenvalue weighted by Gasteiger charge is -2.09. The van der Waals surface area contributed by atoms with Crippen molar-refractivity contribution >= 4 is 29.5 Å². The van der Waals surface area contributed by atoms with Crippen LogP contribution in [0.1, 0.15) is 5.56 Å². The highest BCUT2D eigenvalue weighted by atomic mass is 16.5. The second kappa shape index (κ2) is 5.48. The van der Waals surface area contributed by atoms with E-state index in [-0.39, 0.29) is 22.9 Å². The van der Waals surface area contributed by atoms with E-state index in [2.05, 4.69) is 20.4 Å². The lowest BCUT2D eigenvalue weighted by molar-refractivity contribution is 0.177. The van der Waals surface area contributed by atoms with E-state index < -0.39 is 12.1 Å². The van der Waals surface area contributed by atoms with E-state index in [0.29, 0.717) is 0 Å². The van der Waals surface area contributed by atoms with Crippen molar-refractivity contribution in [3.8, 4) is 0 Å². The molecule has 7 N–H and O–H groups in total. The van der Waals surface area contributed by atoms with Crippen LogP contribution in [-0.4, -0.2) is 30.1 Å². The number of nitrogen functional groups attached to an aromatic ring is 1. The summed E-state index contributed by atoms with van der Waals surface area (Å²) in [5.41, 5.74) is 10.9. The van der Waals surface area contributed by atoms with E-state index in [1.165, 1.54) is 19.4 Å². The molecule has 0 spiro atoms. The summed E-state index contributed by atoms with van der Waals surface area (Å²) in [6.07, 6.45) is 0.428. The molecule has 0 bridgehead atoms. The number of anilines is 2. The Morgan fingerprint density at radius 1 is 1.50 bits per heavy atom. The number of ether oxygens (including phenoxy) is 1. The second-order valence-electron chi connectivity index (χ2n) is 3.14. The number of hydrogen-bond donors (Lipinski definition) is 5. The fourth-order valence-electron chi connectivity index (χ4n) is 1.09. The summed E-state index contributed by atoms with van der Waals surface area (Å²) in [5, 5.41) is 11.9. The van der Waals surface area contributed by atoms with Gasteiger partial charge < -0.3 is 16.2 Å². The van der Waals surface area contributed by atoms with Gasteiger partial charge in [-0.25, -0.2) is 14.6 Å². The molecule has 96 valence electrons. The zero-order valence-electron chi connectivity index (χ0n) is 9.48. The zero-order valence-corrected chi connectivity index (χ0v) is 9.48. The van der Waals surface area contributed by atoms with E-state index in [1.807, 2.05) is 0 Å². The molecule has 0 aliphatic heterocycles. The van der Waals surface area contributed by atoms with Crippen molar-refractivity contribution in [1.29, 1.82) is 5.41 Å². The van der Waals surface area contributed by atoms with Gasteiger partial charge in [0.25, 0.3) is 0 Å². The molecule has 0 aliphatic rings. The van der Waals surface area contributed by atoms with Gasteiger partial charge in [0.1, 0.15) is 11.7 Å². The van der Waals surface area contributed by atoms with Crippen molar-refractivity contribution in [2.24, 2.45) is 5.73 Å². The molecule has 1 rings (SSSR count). The Kier molecular flexibility index (Phi) is 4.02. The Labute approximate surface area is 102 Å². The van der Waals surface area contributed by atoms with Crippen LogP contribution in [0.3, 0.4) is 0 Å². The van der Waals surface area contributed by atoms with Gasteiger partial charge in [0.2, 0.25) is 0 Å². The number of amidine groups is 1. The minimum atomic E-state index is -0.793. The highest BCUT2D eigenvalue weighted by Gasteiger charge is 2.11. The molecule has 0 saturated carbocycles. The number of primary amides is 1. The van der Waals surface area contributed by atoms with Crippen LogP contribution in [0.5, 0.6) is 0 Å². The highest BCUT2D eigenvalue weighted by Crippen LogP contribution is 2.14. The maximum Gasteiger partial charge on any atom is 0.412 e. The largest absolute Gasteiger partial charge is 0.453 e. The number of nitrogens with one attached hydrogen (secondary N) is 3. The lowest BCUT2D eigenvalue weighted by atomic mass is 10.2. The van der Waals surface area contributed by atoms with Crippen LogP contribution in [0.4, 0.5) is 21.1 Å². The van der Waals surface area contributed by atoms with Crippen LogP contribution >= 0.6 is 0 Å². The Hall–Kier alpha value is -2.84. The molecule has 18 heavy (non-hydrogen) atoms.